The number of ether oxygens (including phenoxy) is 1. The molecule has 0 aliphatic carbocycles. The quantitative estimate of drug-likeness (QED) is 0.527. The highest BCUT2D eigenvalue weighted by atomic mass is 35.5. The molecule has 0 bridgehead atoms. The number of rotatable bonds is 9. The minimum absolute atomic E-state index is 0.163. The summed E-state index contributed by atoms with van der Waals surface area (Å²) in [5.41, 5.74) is -0.0585. The van der Waals surface area contributed by atoms with E-state index in [1.807, 2.05) is 6.07 Å². The van der Waals surface area contributed by atoms with Crippen LogP contribution in [0, 0.1) is 0 Å². The number of fused-ring (bicyclic) bond motifs is 1. The number of nitrogens with zero attached hydrogens (tertiary/aromatic N) is 2. The predicted molar refractivity (Wildman–Crippen MR) is 101 cm³/mol. The van der Waals surface area contributed by atoms with Gasteiger partial charge in [-0.3, -0.25) is 4.57 Å². The first kappa shape index (κ1) is 19.4. The zero-order chi connectivity index (χ0) is 18.5. The average Bonchev–Trinajstić information content (AvgIpc) is 3.19. The zero-order valence-electron chi connectivity index (χ0n) is 15.2. The molecule has 6 nitrogen and oxygen atoms in total. The number of hydrogen-bond acceptors (Lipinski definition) is 5. The number of halogens is 1. The Balaban J connectivity index is 1.66. The molecule has 0 amide bonds. The van der Waals surface area contributed by atoms with E-state index in [-0.39, 0.29) is 12.0 Å². The molecular weight excluding hydrogens is 356 g/mol. The van der Waals surface area contributed by atoms with Crippen LogP contribution in [0.3, 0.4) is 0 Å². The van der Waals surface area contributed by atoms with Crippen molar-refractivity contribution < 1.29 is 14.3 Å². The van der Waals surface area contributed by atoms with Crippen molar-refractivity contribution in [3.05, 3.63) is 28.5 Å². The highest BCUT2D eigenvalue weighted by Gasteiger charge is 2.35. The second-order valence-corrected chi connectivity index (χ2v) is 7.55. The molecule has 0 radical (unpaired) electrons. The van der Waals surface area contributed by atoms with E-state index in [1.54, 1.807) is 6.20 Å². The van der Waals surface area contributed by atoms with E-state index < -0.39 is 18.0 Å². The lowest BCUT2D eigenvalue weighted by molar-refractivity contribution is -0.0238. The van der Waals surface area contributed by atoms with Gasteiger partial charge in [0.2, 0.25) is 5.71 Å². The Bertz CT molecular complexity index is 772. The lowest BCUT2D eigenvalue weighted by Gasteiger charge is -2.13. The van der Waals surface area contributed by atoms with Crippen molar-refractivity contribution in [2.24, 2.45) is 0 Å². The summed E-state index contributed by atoms with van der Waals surface area (Å²) in [6.45, 7) is 2.05. The third kappa shape index (κ3) is 4.48. The van der Waals surface area contributed by atoms with Crippen molar-refractivity contribution in [2.75, 3.05) is 6.61 Å². The maximum absolute atomic E-state index is 12.3. The van der Waals surface area contributed by atoms with Gasteiger partial charge >= 0.3 is 5.69 Å². The third-order valence-electron chi connectivity index (χ3n) is 4.92. The molecule has 0 saturated carbocycles. The molecule has 3 heterocycles. The zero-order valence-corrected chi connectivity index (χ0v) is 16.0. The van der Waals surface area contributed by atoms with Gasteiger partial charge in [-0.15, -0.1) is 11.6 Å². The van der Waals surface area contributed by atoms with Crippen molar-refractivity contribution in [3.63, 3.8) is 0 Å². The van der Waals surface area contributed by atoms with E-state index in [0.717, 1.165) is 24.0 Å². The Morgan fingerprint density at radius 3 is 2.81 bits per heavy atom. The number of furan rings is 1. The molecule has 144 valence electrons. The molecule has 1 N–H and O–H groups in total. The molecular formula is C19H27ClN2O4. The lowest BCUT2D eigenvalue weighted by Crippen LogP contribution is -2.27. The van der Waals surface area contributed by atoms with Crippen molar-refractivity contribution in [2.45, 2.75) is 76.0 Å². The second kappa shape index (κ2) is 9.02. The number of alkyl halides is 1. The summed E-state index contributed by atoms with van der Waals surface area (Å²) in [6, 6.07) is 1.95. The molecule has 0 unspecified atom stereocenters. The molecule has 7 heteroatoms. The molecule has 1 saturated heterocycles. The van der Waals surface area contributed by atoms with Crippen LogP contribution in [0.25, 0.3) is 11.1 Å². The largest absolute Gasteiger partial charge is 0.443 e. The number of aliphatic hydroxyl groups excluding tert-OH is 1. The molecule has 2 aromatic heterocycles. The normalized spacial score (nSPS) is 23.1. The van der Waals surface area contributed by atoms with Crippen LogP contribution in [0.4, 0.5) is 0 Å². The molecule has 0 aromatic carbocycles. The molecule has 2 aromatic rings. The highest BCUT2D eigenvalue weighted by Crippen LogP contribution is 2.31. The minimum atomic E-state index is -0.504. The third-order valence-corrected chi connectivity index (χ3v) is 5.38. The monoisotopic (exact) mass is 382 g/mol. The summed E-state index contributed by atoms with van der Waals surface area (Å²) in [7, 11) is 0. The van der Waals surface area contributed by atoms with E-state index >= 15 is 0 Å². The predicted octanol–water partition coefficient (Wildman–Crippen LogP) is 3.78. The Morgan fingerprint density at radius 2 is 2.08 bits per heavy atom. The van der Waals surface area contributed by atoms with Crippen molar-refractivity contribution in [1.29, 1.82) is 0 Å². The van der Waals surface area contributed by atoms with Crippen LogP contribution in [0.5, 0.6) is 0 Å². The van der Waals surface area contributed by atoms with Crippen LogP contribution in [0.15, 0.2) is 21.5 Å². The van der Waals surface area contributed by atoms with Gasteiger partial charge in [0.05, 0.1) is 23.5 Å². The number of hydrogen-bond donors (Lipinski definition) is 1. The van der Waals surface area contributed by atoms with Gasteiger partial charge in [-0.2, -0.15) is 4.98 Å². The number of aliphatic hydroxyl groups is 1. The van der Waals surface area contributed by atoms with Gasteiger partial charge in [-0.25, -0.2) is 4.79 Å². The van der Waals surface area contributed by atoms with E-state index in [9.17, 15) is 9.90 Å². The van der Waals surface area contributed by atoms with Gasteiger partial charge in [0, 0.05) is 19.0 Å². The fraction of sp³-hybridized carbons (Fsp3) is 0.684. The fourth-order valence-electron chi connectivity index (χ4n) is 3.41. The van der Waals surface area contributed by atoms with Gasteiger partial charge in [0.15, 0.2) is 0 Å². The Labute approximate surface area is 158 Å². The summed E-state index contributed by atoms with van der Waals surface area (Å²) in [4.78, 5) is 16.3. The highest BCUT2D eigenvalue weighted by molar-refractivity contribution is 6.21. The maximum Gasteiger partial charge on any atom is 0.353 e. The standard InChI is InChI=1S/C19H27ClN2O4/c1-2-3-4-5-6-7-8-14-9-13-11-22(19(24)21-18(13)25-14)17-10-15(20)16(12-23)26-17/h9,11,15-17,23H,2-8,10,12H2,1H3/t15-,16+,17+/m0/s1. The summed E-state index contributed by atoms with van der Waals surface area (Å²) in [5.74, 6) is 0.857. The summed E-state index contributed by atoms with van der Waals surface area (Å²) >= 11 is 6.16. The number of aryl methyl sites for hydroxylation is 1. The second-order valence-electron chi connectivity index (χ2n) is 6.99. The van der Waals surface area contributed by atoms with Crippen LogP contribution >= 0.6 is 11.6 Å². The van der Waals surface area contributed by atoms with Crippen LogP contribution in [0.2, 0.25) is 0 Å². The lowest BCUT2D eigenvalue weighted by atomic mass is 10.1. The van der Waals surface area contributed by atoms with Crippen molar-refractivity contribution >= 4 is 22.7 Å². The maximum atomic E-state index is 12.3. The average molecular weight is 383 g/mol. The summed E-state index contributed by atoms with van der Waals surface area (Å²) < 4.78 is 12.8. The first-order valence-corrected chi connectivity index (χ1v) is 9.98. The van der Waals surface area contributed by atoms with Crippen LogP contribution in [-0.4, -0.2) is 32.7 Å². The minimum Gasteiger partial charge on any atom is -0.443 e. The SMILES string of the molecule is CCCCCCCCc1cc2cn([C@H]3C[C@H](Cl)[C@@H](CO)O3)c(=O)nc2o1. The van der Waals surface area contributed by atoms with E-state index in [4.69, 9.17) is 20.8 Å². The van der Waals surface area contributed by atoms with Crippen molar-refractivity contribution in [3.8, 4) is 0 Å². The molecule has 26 heavy (non-hydrogen) atoms. The molecule has 1 aliphatic rings. The van der Waals surface area contributed by atoms with Gasteiger partial charge in [0.25, 0.3) is 0 Å². The van der Waals surface area contributed by atoms with Gasteiger partial charge in [-0.1, -0.05) is 39.0 Å². The Hall–Kier alpha value is -1.37. The fourth-order valence-corrected chi connectivity index (χ4v) is 3.70. The van der Waals surface area contributed by atoms with E-state index in [1.165, 1.54) is 36.7 Å². The number of unbranched alkanes of at least 4 members (excludes halogenated alkanes) is 5. The molecule has 3 rings (SSSR count). The van der Waals surface area contributed by atoms with E-state index in [0.29, 0.717) is 12.1 Å². The first-order valence-electron chi connectivity index (χ1n) is 9.54. The molecule has 1 aliphatic heterocycles. The van der Waals surface area contributed by atoms with Gasteiger partial charge in [-0.05, 0) is 12.5 Å². The molecule has 1 fully saturated rings. The summed E-state index contributed by atoms with van der Waals surface area (Å²) in [6.07, 6.45) is 9.41. The first-order chi connectivity index (χ1) is 12.6. The smallest absolute Gasteiger partial charge is 0.353 e. The number of aromatic nitrogens is 2. The van der Waals surface area contributed by atoms with E-state index in [2.05, 4.69) is 11.9 Å². The summed E-state index contributed by atoms with van der Waals surface area (Å²) in [5, 5.41) is 9.73. The molecule has 3 atom stereocenters. The van der Waals surface area contributed by atoms with Crippen LogP contribution in [-0.2, 0) is 11.2 Å². The van der Waals surface area contributed by atoms with Crippen molar-refractivity contribution in [1.82, 2.24) is 9.55 Å². The van der Waals surface area contributed by atoms with Gasteiger partial charge < -0.3 is 14.3 Å². The molecule has 0 spiro atoms. The van der Waals surface area contributed by atoms with Crippen LogP contribution < -0.4 is 5.69 Å². The topological polar surface area (TPSA) is 77.5 Å². The van der Waals surface area contributed by atoms with Gasteiger partial charge in [0.1, 0.15) is 12.0 Å². The van der Waals surface area contributed by atoms with Crippen LogP contribution in [0.1, 0.15) is 63.9 Å². The Morgan fingerprint density at radius 1 is 1.31 bits per heavy atom. The Kier molecular flexibility index (Phi) is 6.73.